The van der Waals surface area contributed by atoms with Crippen molar-refractivity contribution in [3.05, 3.63) is 59.7 Å². The summed E-state index contributed by atoms with van der Waals surface area (Å²) in [5, 5.41) is 14.7. The first-order valence-corrected chi connectivity index (χ1v) is 20.6. The van der Waals surface area contributed by atoms with Gasteiger partial charge >= 0.3 is 24.1 Å². The number of hydrogen-bond acceptors (Lipinski definition) is 9. The molecule has 2 amide bonds. The third kappa shape index (κ3) is 11.1. The summed E-state index contributed by atoms with van der Waals surface area (Å²) in [4.78, 5) is 49.7. The Kier molecular flexibility index (Phi) is 12.6. The van der Waals surface area contributed by atoms with Crippen molar-refractivity contribution < 1.29 is 38.5 Å². The van der Waals surface area contributed by atoms with Crippen LogP contribution >= 0.6 is 21.6 Å². The van der Waals surface area contributed by atoms with Crippen molar-refractivity contribution in [3.8, 4) is 11.1 Å². The van der Waals surface area contributed by atoms with Crippen LogP contribution < -0.4 is 10.6 Å². The first-order valence-electron chi connectivity index (χ1n) is 14.4. The standard InChI is InChI=1S/C31H42N2O8S2Si/c1-31(2,3)41-30(38)33-26(28(36)39-15-16-44(4,5)6)19-43-42-18-25(27(34)35)32-29(37)40-17-24-22-13-9-7-11-20(22)21-12-8-10-14-23(21)24/h7-14,24-26H,15-19H2,1-6H3,(H,32,37)(H,33,38)(H,34,35)/t25-,26+/m0/s1. The number of carboxylic acid groups (broad SMARTS) is 1. The number of rotatable bonds is 14. The van der Waals surface area contributed by atoms with Crippen molar-refractivity contribution in [2.45, 2.75) is 70.1 Å². The monoisotopic (exact) mass is 662 g/mol. The van der Waals surface area contributed by atoms with Gasteiger partial charge in [-0.25, -0.2) is 19.2 Å². The minimum Gasteiger partial charge on any atom is -0.480 e. The van der Waals surface area contributed by atoms with Crippen LogP contribution in [0.1, 0.15) is 37.8 Å². The number of nitrogens with one attached hydrogen (secondary N) is 2. The van der Waals surface area contributed by atoms with E-state index in [4.69, 9.17) is 14.2 Å². The zero-order chi connectivity index (χ0) is 32.5. The van der Waals surface area contributed by atoms with Crippen molar-refractivity contribution in [1.29, 1.82) is 0 Å². The van der Waals surface area contributed by atoms with E-state index in [1.807, 2.05) is 48.5 Å². The molecule has 2 aromatic rings. The number of hydrogen-bond donors (Lipinski definition) is 3. The van der Waals surface area contributed by atoms with Crippen LogP contribution in [0.25, 0.3) is 11.1 Å². The Bertz CT molecular complexity index is 1280. The summed E-state index contributed by atoms with van der Waals surface area (Å²) >= 11 is 0. The topological polar surface area (TPSA) is 140 Å². The van der Waals surface area contributed by atoms with E-state index in [2.05, 4.69) is 30.3 Å². The number of carbonyl (C=O) groups excluding carboxylic acids is 3. The number of carbonyl (C=O) groups is 4. The maximum Gasteiger partial charge on any atom is 0.408 e. The third-order valence-corrected chi connectivity index (χ3v) is 10.7. The molecule has 0 unspecified atom stereocenters. The van der Waals surface area contributed by atoms with Gasteiger partial charge in [0, 0.05) is 25.5 Å². The van der Waals surface area contributed by atoms with Gasteiger partial charge in [0.05, 0.1) is 6.61 Å². The minimum atomic E-state index is -1.43. The Hall–Kier alpha value is -3.16. The Balaban J connectivity index is 1.52. The molecule has 3 N–H and O–H groups in total. The number of fused-ring (bicyclic) bond motifs is 3. The van der Waals surface area contributed by atoms with E-state index in [0.717, 1.165) is 39.1 Å². The largest absolute Gasteiger partial charge is 0.480 e. The molecule has 0 aliphatic heterocycles. The highest BCUT2D eigenvalue weighted by Gasteiger charge is 2.30. The number of alkyl carbamates (subject to hydrolysis) is 2. The first kappa shape index (κ1) is 35.3. The predicted molar refractivity (Wildman–Crippen MR) is 177 cm³/mol. The molecule has 0 saturated heterocycles. The van der Waals surface area contributed by atoms with Crippen LogP contribution in [0.15, 0.2) is 48.5 Å². The molecule has 0 fully saturated rings. The van der Waals surface area contributed by atoms with Crippen molar-refractivity contribution in [3.63, 3.8) is 0 Å². The highest BCUT2D eigenvalue weighted by molar-refractivity contribution is 8.76. The smallest absolute Gasteiger partial charge is 0.408 e. The molecule has 240 valence electrons. The molecule has 1 aliphatic carbocycles. The van der Waals surface area contributed by atoms with Gasteiger partial charge in [-0.2, -0.15) is 0 Å². The van der Waals surface area contributed by atoms with Crippen LogP contribution in [0.3, 0.4) is 0 Å². The Labute approximate surface area is 267 Å². The third-order valence-electron chi connectivity index (χ3n) is 6.56. The lowest BCUT2D eigenvalue weighted by Crippen LogP contribution is -2.46. The minimum absolute atomic E-state index is 0.00593. The Morgan fingerprint density at radius 1 is 0.841 bits per heavy atom. The van der Waals surface area contributed by atoms with Gasteiger partial charge in [-0.15, -0.1) is 0 Å². The molecular weight excluding hydrogens is 621 g/mol. The van der Waals surface area contributed by atoms with Crippen LogP contribution in [-0.2, 0) is 23.8 Å². The highest BCUT2D eigenvalue weighted by Crippen LogP contribution is 2.44. The predicted octanol–water partition coefficient (Wildman–Crippen LogP) is 6.13. The van der Waals surface area contributed by atoms with Gasteiger partial charge in [0.25, 0.3) is 0 Å². The normalized spacial score (nSPS) is 14.0. The van der Waals surface area contributed by atoms with Crippen LogP contribution in [0.5, 0.6) is 0 Å². The van der Waals surface area contributed by atoms with E-state index in [0.29, 0.717) is 0 Å². The fourth-order valence-electron chi connectivity index (χ4n) is 4.37. The molecule has 2 atom stereocenters. The van der Waals surface area contributed by atoms with Crippen LogP contribution in [-0.4, -0.2) is 79.7 Å². The van der Waals surface area contributed by atoms with Gasteiger partial charge < -0.3 is 30.0 Å². The molecule has 2 aromatic carbocycles. The maximum atomic E-state index is 12.8. The lowest BCUT2D eigenvalue weighted by atomic mass is 9.98. The van der Waals surface area contributed by atoms with E-state index in [9.17, 15) is 24.3 Å². The summed E-state index contributed by atoms with van der Waals surface area (Å²) < 4.78 is 16.2. The van der Waals surface area contributed by atoms with Crippen LogP contribution in [0.4, 0.5) is 9.59 Å². The Morgan fingerprint density at radius 3 is 1.89 bits per heavy atom. The summed E-state index contributed by atoms with van der Waals surface area (Å²) in [5.74, 6) is -1.86. The molecular formula is C31H42N2O8S2Si. The van der Waals surface area contributed by atoms with Crippen molar-refractivity contribution in [2.75, 3.05) is 24.7 Å². The molecule has 0 aromatic heterocycles. The van der Waals surface area contributed by atoms with E-state index < -0.39 is 49.9 Å². The van der Waals surface area contributed by atoms with E-state index in [1.165, 1.54) is 10.8 Å². The summed E-state index contributed by atoms with van der Waals surface area (Å²) in [6, 6.07) is 14.4. The maximum absolute atomic E-state index is 12.8. The summed E-state index contributed by atoms with van der Waals surface area (Å²) in [7, 11) is 0.887. The molecule has 0 radical (unpaired) electrons. The van der Waals surface area contributed by atoms with Crippen molar-refractivity contribution in [1.82, 2.24) is 10.6 Å². The molecule has 0 heterocycles. The zero-order valence-electron chi connectivity index (χ0n) is 26.0. The number of ether oxygens (including phenoxy) is 3. The van der Waals surface area contributed by atoms with E-state index >= 15 is 0 Å². The van der Waals surface area contributed by atoms with Crippen LogP contribution in [0.2, 0.25) is 25.7 Å². The molecule has 10 nitrogen and oxygen atoms in total. The molecule has 1 aliphatic rings. The SMILES string of the molecule is CC(C)(C)OC(=O)N[C@H](CSSC[C@H](NC(=O)OCC1c2ccccc2-c2ccccc21)C(=O)O)C(=O)OCC[Si](C)(C)C. The quantitative estimate of drug-likeness (QED) is 0.0711. The molecule has 0 spiro atoms. The molecule has 0 saturated carbocycles. The van der Waals surface area contributed by atoms with Crippen molar-refractivity contribution in [2.24, 2.45) is 0 Å². The van der Waals surface area contributed by atoms with Gasteiger partial charge in [0.1, 0.15) is 24.3 Å². The number of aliphatic carboxylic acids is 1. The number of esters is 1. The summed E-state index contributed by atoms with van der Waals surface area (Å²) in [6.07, 6.45) is -1.59. The molecule has 13 heteroatoms. The number of carboxylic acids is 1. The van der Waals surface area contributed by atoms with Gasteiger partial charge in [0.15, 0.2) is 0 Å². The molecule has 44 heavy (non-hydrogen) atoms. The van der Waals surface area contributed by atoms with Gasteiger partial charge in [0.2, 0.25) is 0 Å². The first-order chi connectivity index (χ1) is 20.6. The second-order valence-electron chi connectivity index (χ2n) is 12.6. The molecule has 0 bridgehead atoms. The summed E-state index contributed by atoms with van der Waals surface area (Å²) in [5.41, 5.74) is 3.54. The van der Waals surface area contributed by atoms with Crippen LogP contribution in [0, 0.1) is 0 Å². The molecule has 3 rings (SSSR count). The number of amides is 2. The average molecular weight is 663 g/mol. The summed E-state index contributed by atoms with van der Waals surface area (Å²) in [6.45, 7) is 12.0. The van der Waals surface area contributed by atoms with Gasteiger partial charge in [-0.3, -0.25) is 0 Å². The van der Waals surface area contributed by atoms with E-state index in [1.54, 1.807) is 20.8 Å². The fraction of sp³-hybridized carbons (Fsp3) is 0.484. The Morgan fingerprint density at radius 2 is 1.36 bits per heavy atom. The van der Waals surface area contributed by atoms with Crippen molar-refractivity contribution >= 4 is 53.8 Å². The number of benzene rings is 2. The van der Waals surface area contributed by atoms with Gasteiger partial charge in [-0.1, -0.05) is 89.8 Å². The van der Waals surface area contributed by atoms with E-state index in [-0.39, 0.29) is 30.6 Å². The lowest BCUT2D eigenvalue weighted by Gasteiger charge is -2.23. The second kappa shape index (κ2) is 15.7. The fourth-order valence-corrected chi connectivity index (χ4v) is 7.38. The second-order valence-corrected chi connectivity index (χ2v) is 20.8. The highest BCUT2D eigenvalue weighted by atomic mass is 33.1. The zero-order valence-corrected chi connectivity index (χ0v) is 28.6. The average Bonchev–Trinajstić information content (AvgIpc) is 3.24. The lowest BCUT2D eigenvalue weighted by molar-refractivity contribution is -0.145. The van der Waals surface area contributed by atoms with Gasteiger partial charge in [-0.05, 0) is 49.1 Å².